The zero-order valence-corrected chi connectivity index (χ0v) is 50.4. The van der Waals surface area contributed by atoms with Gasteiger partial charge in [0.15, 0.2) is 34.2 Å². The van der Waals surface area contributed by atoms with Crippen molar-refractivity contribution in [1.29, 1.82) is 0 Å². The van der Waals surface area contributed by atoms with Crippen molar-refractivity contribution in [1.82, 2.24) is 0 Å². The second-order valence-electron chi connectivity index (χ2n) is 21.4. The Morgan fingerprint density at radius 3 is 1.65 bits per heavy atom. The number of amides is 2. The second kappa shape index (κ2) is 26.1. The molecule has 2 aliphatic carbocycles. The monoisotopic (exact) mass is 1180 g/mol. The van der Waals surface area contributed by atoms with Gasteiger partial charge >= 0.3 is 12.2 Å². The Morgan fingerprint density at radius 1 is 0.551 bits per heavy atom. The molecule has 1 heterocycles. The summed E-state index contributed by atoms with van der Waals surface area (Å²) < 4.78 is 39.7. The molecule has 13 nitrogen and oxygen atoms in total. The molecule has 2 amide bonds. The van der Waals surface area contributed by atoms with E-state index in [4.69, 9.17) is 39.6 Å². The van der Waals surface area contributed by atoms with Crippen molar-refractivity contribution in [2.75, 3.05) is 52.3 Å². The number of anilines is 2. The molecule has 1 aliphatic heterocycles. The SMILES string of the molecule is C#CC(O)(c1ccccc1)c1ccc(NC(=O)OCC)cc1.CCOC(=O)Nc1cccc(C2(c3ccccc3)C=Cc3c(c4c(c5cc(OC)c(OC)cc35)-c3ccccc3CC4)O2)c1.COc1cc2cc(O)c3c(c2cc1OC)-c1ccccc1CC3. The highest BCUT2D eigenvalue weighted by molar-refractivity contribution is 6.08. The third-order valence-electron chi connectivity index (χ3n) is 16.5. The number of carbonyl (C=O) groups excluding carboxylic acids is 2. The van der Waals surface area contributed by atoms with Gasteiger partial charge in [-0.05, 0) is 161 Å². The quantitative estimate of drug-likeness (QED) is 0.0861. The smallest absolute Gasteiger partial charge is 0.411 e. The predicted octanol–water partition coefficient (Wildman–Crippen LogP) is 16.0. The minimum absolute atomic E-state index is 0.293. The minimum atomic E-state index is -1.51. The zero-order valence-electron chi connectivity index (χ0n) is 50.4. The van der Waals surface area contributed by atoms with Crippen LogP contribution in [-0.2, 0) is 46.4 Å². The summed E-state index contributed by atoms with van der Waals surface area (Å²) >= 11 is 0. The van der Waals surface area contributed by atoms with Crippen molar-refractivity contribution in [3.05, 3.63) is 244 Å². The number of methoxy groups -OCH3 is 4. The standard InChI is InChI=1S/C38H33NO5.C20H18O3.C18H17NO3/c1-4-43-37(40)39-27-15-10-14-26(21-27)38(25-12-6-5-7-13-25)20-19-29-31-22-33(41-2)34(42-3)23-32(31)35-28-16-9-8-11-24(28)17-18-30(35)36(29)44-38;1-22-18-10-13-9-17(21)15-8-7-12-5-3-4-6-14(12)20(15)16(13)11-19(18)23-2;1-3-18(21,14-8-6-5-7-9-14)15-10-12-16(13-11-15)19-17(20)22-4-2/h5-16,19-23H,4,17-18H2,1-3H3,(H,39,40);3-6,9-11,21H,7-8H2,1-2H3;1,5-13,21H,4H2,2H3,(H,19,20). The van der Waals surface area contributed by atoms with Gasteiger partial charge in [0.05, 0.1) is 41.7 Å². The molecule has 89 heavy (non-hydrogen) atoms. The Balaban J connectivity index is 0.000000152. The summed E-state index contributed by atoms with van der Waals surface area (Å²) in [6.45, 7) is 4.11. The number of benzene rings is 10. The van der Waals surface area contributed by atoms with Gasteiger partial charge in [-0.25, -0.2) is 9.59 Å². The van der Waals surface area contributed by atoms with Gasteiger partial charge < -0.3 is 43.4 Å². The van der Waals surface area contributed by atoms with Gasteiger partial charge in [-0.1, -0.05) is 139 Å². The fourth-order valence-electron chi connectivity index (χ4n) is 12.3. The molecule has 2 unspecified atom stereocenters. The summed E-state index contributed by atoms with van der Waals surface area (Å²) in [6.07, 6.45) is 12.4. The van der Waals surface area contributed by atoms with Crippen LogP contribution < -0.4 is 34.3 Å². The number of hydrogen-bond acceptors (Lipinski definition) is 11. The predicted molar refractivity (Wildman–Crippen MR) is 351 cm³/mol. The van der Waals surface area contributed by atoms with E-state index in [1.807, 2.05) is 84.9 Å². The number of aliphatic hydroxyl groups is 1. The fourth-order valence-corrected chi connectivity index (χ4v) is 12.3. The molecule has 0 saturated heterocycles. The highest BCUT2D eigenvalue weighted by Gasteiger charge is 2.40. The van der Waals surface area contributed by atoms with Crippen LogP contribution >= 0.6 is 0 Å². The summed E-state index contributed by atoms with van der Waals surface area (Å²) in [6, 6.07) is 60.6. The van der Waals surface area contributed by atoms with Gasteiger partial charge in [-0.15, -0.1) is 6.42 Å². The van der Waals surface area contributed by atoms with Gasteiger partial charge in [0.2, 0.25) is 0 Å². The summed E-state index contributed by atoms with van der Waals surface area (Å²) in [5, 5.41) is 30.9. The van der Waals surface area contributed by atoms with Crippen LogP contribution in [0.15, 0.2) is 194 Å². The maximum Gasteiger partial charge on any atom is 0.411 e. The molecule has 0 spiro atoms. The number of rotatable bonds is 12. The first-order chi connectivity index (χ1) is 43.4. The number of fused-ring (bicyclic) bond motifs is 13. The van der Waals surface area contributed by atoms with Crippen molar-refractivity contribution in [2.24, 2.45) is 0 Å². The number of carbonyl (C=O) groups is 2. The number of phenols is 1. The molecular weight excluding hydrogens is 1120 g/mol. The minimum Gasteiger partial charge on any atom is -0.508 e. The number of aryl methyl sites for hydroxylation is 2. The Kier molecular flexibility index (Phi) is 17.6. The third-order valence-corrected chi connectivity index (χ3v) is 16.5. The molecule has 13 heteroatoms. The van der Waals surface area contributed by atoms with E-state index in [2.05, 4.69) is 95.4 Å². The molecule has 10 aromatic carbocycles. The fraction of sp³-hybridized carbons (Fsp3) is 0.184. The van der Waals surface area contributed by atoms with Gasteiger partial charge in [-0.3, -0.25) is 10.6 Å². The van der Waals surface area contributed by atoms with Crippen molar-refractivity contribution in [3.8, 4) is 69.1 Å². The summed E-state index contributed by atoms with van der Waals surface area (Å²) in [7, 11) is 6.60. The topological polar surface area (TPSA) is 163 Å². The zero-order chi connectivity index (χ0) is 62.2. The summed E-state index contributed by atoms with van der Waals surface area (Å²) in [4.78, 5) is 23.7. The number of hydrogen-bond donors (Lipinski definition) is 4. The lowest BCUT2D eigenvalue weighted by Gasteiger charge is -2.39. The van der Waals surface area contributed by atoms with E-state index in [0.717, 1.165) is 86.4 Å². The number of aromatic hydroxyl groups is 1. The third kappa shape index (κ3) is 11.7. The second-order valence-corrected chi connectivity index (χ2v) is 21.4. The van der Waals surface area contributed by atoms with E-state index in [0.29, 0.717) is 64.5 Å². The van der Waals surface area contributed by atoms with Crippen LogP contribution in [0.1, 0.15) is 63.9 Å². The van der Waals surface area contributed by atoms with Crippen LogP contribution in [0.4, 0.5) is 21.0 Å². The highest BCUT2D eigenvalue weighted by atomic mass is 16.6. The van der Waals surface area contributed by atoms with E-state index in [1.54, 1.807) is 78.7 Å². The van der Waals surface area contributed by atoms with E-state index in [9.17, 15) is 19.8 Å². The van der Waals surface area contributed by atoms with Crippen molar-refractivity contribution >= 4 is 51.2 Å². The molecule has 2 atom stereocenters. The average Bonchev–Trinajstić information content (AvgIpc) is 0.741. The van der Waals surface area contributed by atoms with Crippen molar-refractivity contribution < 1.29 is 53.0 Å². The normalized spacial score (nSPS) is 14.4. The van der Waals surface area contributed by atoms with Crippen LogP contribution in [-0.4, -0.2) is 64.1 Å². The lowest BCUT2D eigenvalue weighted by molar-refractivity contribution is 0.145. The molecule has 448 valence electrons. The lowest BCUT2D eigenvalue weighted by Crippen LogP contribution is -2.35. The first-order valence-corrected chi connectivity index (χ1v) is 29.5. The van der Waals surface area contributed by atoms with E-state index in [1.165, 1.54) is 27.8 Å². The molecule has 0 aromatic heterocycles. The summed E-state index contributed by atoms with van der Waals surface area (Å²) in [5.41, 5.74) is 12.3. The van der Waals surface area contributed by atoms with Crippen LogP contribution in [0.2, 0.25) is 0 Å². The maximum absolute atomic E-state index is 12.3. The maximum atomic E-state index is 12.3. The first kappa shape index (κ1) is 60.0. The molecule has 0 fully saturated rings. The van der Waals surface area contributed by atoms with Gasteiger partial charge in [-0.2, -0.15) is 0 Å². The van der Waals surface area contributed by atoms with Crippen LogP contribution in [0.25, 0.3) is 49.9 Å². The van der Waals surface area contributed by atoms with Gasteiger partial charge in [0.25, 0.3) is 0 Å². The molecule has 10 aromatic rings. The van der Waals surface area contributed by atoms with Crippen LogP contribution in [0, 0.1) is 12.3 Å². The van der Waals surface area contributed by atoms with E-state index < -0.39 is 23.4 Å². The molecule has 13 rings (SSSR count). The molecule has 0 radical (unpaired) electrons. The van der Waals surface area contributed by atoms with Crippen LogP contribution in [0.5, 0.6) is 34.5 Å². The Bertz CT molecular complexity index is 4350. The molecule has 4 N–H and O–H groups in total. The molecule has 0 saturated carbocycles. The van der Waals surface area contributed by atoms with E-state index in [-0.39, 0.29) is 0 Å². The van der Waals surface area contributed by atoms with Crippen LogP contribution in [0.3, 0.4) is 0 Å². The first-order valence-electron chi connectivity index (χ1n) is 29.5. The van der Waals surface area contributed by atoms with Gasteiger partial charge in [0.1, 0.15) is 11.5 Å². The molecule has 0 bridgehead atoms. The highest BCUT2D eigenvalue weighted by Crippen LogP contribution is 2.54. The molecular formula is C76H68N2O11. The number of ether oxygens (including phenoxy) is 7. The Labute approximate surface area is 518 Å². The Morgan fingerprint density at radius 2 is 1.06 bits per heavy atom. The summed E-state index contributed by atoms with van der Waals surface area (Å²) in [5.74, 6) is 6.37. The average molecular weight is 1190 g/mol. The van der Waals surface area contributed by atoms with E-state index >= 15 is 0 Å². The molecule has 3 aliphatic rings. The van der Waals surface area contributed by atoms with Crippen molar-refractivity contribution in [3.63, 3.8) is 0 Å². The lowest BCUT2D eigenvalue weighted by atomic mass is 9.78. The van der Waals surface area contributed by atoms with Gasteiger partial charge in [0, 0.05) is 50.3 Å². The Hall–Kier alpha value is -10.7. The number of phenolic OH excluding ortho intramolecular Hbond substituents is 1. The van der Waals surface area contributed by atoms with Crippen molar-refractivity contribution in [2.45, 2.75) is 50.7 Å². The number of nitrogens with one attached hydrogen (secondary N) is 2. The number of terminal acetylenes is 1. The largest absolute Gasteiger partial charge is 0.508 e.